The molecule has 152 valence electrons. The number of nitrogens with zero attached hydrogens (tertiary/aromatic N) is 3. The number of aryl methyl sites for hydroxylation is 1. The first-order chi connectivity index (χ1) is 13.1. The van der Waals surface area contributed by atoms with Gasteiger partial charge in [0.05, 0.1) is 11.4 Å². The Kier molecular flexibility index (Phi) is 5.18. The van der Waals surface area contributed by atoms with Gasteiger partial charge in [0.25, 0.3) is 11.5 Å². The SMILES string of the molecule is CNC(=O)c1c(C)nn2c(C3CCN(C(=O)OC(C)(C)C)CC3)cc(=O)[nH]c12. The van der Waals surface area contributed by atoms with E-state index in [2.05, 4.69) is 15.4 Å². The fourth-order valence-corrected chi connectivity index (χ4v) is 3.55. The Morgan fingerprint density at radius 2 is 1.93 bits per heavy atom. The van der Waals surface area contributed by atoms with Gasteiger partial charge in [-0.25, -0.2) is 9.31 Å². The van der Waals surface area contributed by atoms with Crippen molar-refractivity contribution in [2.45, 2.75) is 52.1 Å². The van der Waals surface area contributed by atoms with Gasteiger partial charge in [-0.05, 0) is 40.5 Å². The Balaban J connectivity index is 1.87. The van der Waals surface area contributed by atoms with Crippen molar-refractivity contribution in [3.05, 3.63) is 33.4 Å². The lowest BCUT2D eigenvalue weighted by molar-refractivity contribution is 0.0203. The summed E-state index contributed by atoms with van der Waals surface area (Å²) in [7, 11) is 1.54. The van der Waals surface area contributed by atoms with E-state index in [1.807, 2.05) is 20.8 Å². The number of H-pyrrole nitrogens is 1. The van der Waals surface area contributed by atoms with Gasteiger partial charge in [-0.3, -0.25) is 9.59 Å². The number of hydrogen-bond donors (Lipinski definition) is 2. The second kappa shape index (κ2) is 7.29. The fraction of sp³-hybridized carbons (Fsp3) is 0.579. The number of piperidine rings is 1. The summed E-state index contributed by atoms with van der Waals surface area (Å²) in [6.07, 6.45) is 1.05. The number of nitrogens with one attached hydrogen (secondary N) is 2. The Bertz CT molecular complexity index is 961. The fourth-order valence-electron chi connectivity index (χ4n) is 3.55. The Morgan fingerprint density at radius 1 is 1.29 bits per heavy atom. The molecular weight excluding hydrogens is 362 g/mol. The average Bonchev–Trinajstić information content (AvgIpc) is 2.94. The van der Waals surface area contributed by atoms with Crippen molar-refractivity contribution in [2.24, 2.45) is 0 Å². The maximum absolute atomic E-state index is 12.3. The van der Waals surface area contributed by atoms with Gasteiger partial charge in [-0.15, -0.1) is 0 Å². The minimum Gasteiger partial charge on any atom is -0.444 e. The molecule has 3 rings (SSSR count). The number of fused-ring (bicyclic) bond motifs is 1. The quantitative estimate of drug-likeness (QED) is 0.814. The lowest BCUT2D eigenvalue weighted by atomic mass is 9.93. The molecule has 1 aliphatic rings. The molecule has 0 aromatic carbocycles. The monoisotopic (exact) mass is 389 g/mol. The van der Waals surface area contributed by atoms with Crippen molar-refractivity contribution >= 4 is 17.6 Å². The molecule has 28 heavy (non-hydrogen) atoms. The normalized spacial score (nSPS) is 15.7. The van der Waals surface area contributed by atoms with Gasteiger partial charge < -0.3 is 19.9 Å². The molecule has 0 bridgehead atoms. The van der Waals surface area contributed by atoms with Crippen LogP contribution in [0.3, 0.4) is 0 Å². The number of amides is 2. The summed E-state index contributed by atoms with van der Waals surface area (Å²) in [5.41, 5.74) is 1.26. The molecule has 0 unspecified atom stereocenters. The Hall–Kier alpha value is -2.84. The zero-order valence-corrected chi connectivity index (χ0v) is 17.0. The van der Waals surface area contributed by atoms with Gasteiger partial charge in [-0.2, -0.15) is 5.10 Å². The van der Waals surface area contributed by atoms with Gasteiger partial charge in [0.1, 0.15) is 16.8 Å². The van der Waals surface area contributed by atoms with E-state index in [0.717, 1.165) is 5.69 Å². The highest BCUT2D eigenvalue weighted by Gasteiger charge is 2.30. The van der Waals surface area contributed by atoms with Crippen LogP contribution in [0.15, 0.2) is 10.9 Å². The predicted octanol–water partition coefficient (Wildman–Crippen LogP) is 1.81. The molecule has 0 saturated carbocycles. The number of rotatable bonds is 2. The molecule has 0 radical (unpaired) electrons. The second-order valence-electron chi connectivity index (χ2n) is 8.10. The Morgan fingerprint density at radius 3 is 2.50 bits per heavy atom. The molecule has 3 heterocycles. The van der Waals surface area contributed by atoms with Crippen LogP contribution < -0.4 is 10.9 Å². The number of aromatic nitrogens is 3. The third-order valence-electron chi connectivity index (χ3n) is 4.84. The van der Waals surface area contributed by atoms with Crippen molar-refractivity contribution in [3.8, 4) is 0 Å². The smallest absolute Gasteiger partial charge is 0.410 e. The maximum Gasteiger partial charge on any atom is 0.410 e. The van der Waals surface area contributed by atoms with Gasteiger partial charge in [0, 0.05) is 32.1 Å². The summed E-state index contributed by atoms with van der Waals surface area (Å²) in [5, 5.41) is 7.06. The van der Waals surface area contributed by atoms with Gasteiger partial charge in [0.2, 0.25) is 0 Å². The Labute approximate surface area is 163 Å². The lowest BCUT2D eigenvalue weighted by Gasteiger charge is -2.33. The summed E-state index contributed by atoms with van der Waals surface area (Å²) in [6, 6.07) is 1.53. The molecule has 0 atom stereocenters. The van der Waals surface area contributed by atoms with Crippen LogP contribution in [0.25, 0.3) is 5.65 Å². The van der Waals surface area contributed by atoms with Crippen LogP contribution in [0.2, 0.25) is 0 Å². The first-order valence-corrected chi connectivity index (χ1v) is 9.43. The van der Waals surface area contributed by atoms with Crippen molar-refractivity contribution in [1.82, 2.24) is 24.8 Å². The molecule has 2 aromatic heterocycles. The zero-order valence-electron chi connectivity index (χ0n) is 17.0. The first kappa shape index (κ1) is 19.9. The van der Waals surface area contributed by atoms with Crippen LogP contribution in [-0.2, 0) is 4.74 Å². The summed E-state index contributed by atoms with van der Waals surface area (Å²) in [5.74, 6) is -0.236. The molecule has 2 amide bonds. The largest absolute Gasteiger partial charge is 0.444 e. The molecule has 9 nitrogen and oxygen atoms in total. The summed E-state index contributed by atoms with van der Waals surface area (Å²) in [4.78, 5) is 41.1. The van der Waals surface area contributed by atoms with Crippen molar-refractivity contribution in [3.63, 3.8) is 0 Å². The third kappa shape index (κ3) is 3.88. The maximum atomic E-state index is 12.3. The van der Waals surface area contributed by atoms with E-state index in [-0.39, 0.29) is 23.5 Å². The van der Waals surface area contributed by atoms with Crippen LogP contribution in [0.1, 0.15) is 61.3 Å². The predicted molar refractivity (Wildman–Crippen MR) is 104 cm³/mol. The summed E-state index contributed by atoms with van der Waals surface area (Å²) >= 11 is 0. The number of carbonyl (C=O) groups is 2. The van der Waals surface area contributed by atoms with E-state index in [9.17, 15) is 14.4 Å². The van der Waals surface area contributed by atoms with Crippen molar-refractivity contribution in [2.75, 3.05) is 20.1 Å². The minimum atomic E-state index is -0.532. The third-order valence-corrected chi connectivity index (χ3v) is 4.84. The van der Waals surface area contributed by atoms with Crippen LogP contribution in [0.5, 0.6) is 0 Å². The molecule has 9 heteroatoms. The highest BCUT2D eigenvalue weighted by atomic mass is 16.6. The van der Waals surface area contributed by atoms with Crippen LogP contribution in [0, 0.1) is 6.92 Å². The molecule has 2 N–H and O–H groups in total. The average molecular weight is 389 g/mol. The van der Waals surface area contributed by atoms with E-state index in [1.54, 1.807) is 23.4 Å². The van der Waals surface area contributed by atoms with E-state index >= 15 is 0 Å². The van der Waals surface area contributed by atoms with Crippen molar-refractivity contribution < 1.29 is 14.3 Å². The zero-order chi connectivity index (χ0) is 20.6. The number of aromatic amines is 1. The first-order valence-electron chi connectivity index (χ1n) is 9.43. The van der Waals surface area contributed by atoms with Gasteiger partial charge in [0.15, 0.2) is 0 Å². The molecule has 1 fully saturated rings. The summed E-state index contributed by atoms with van der Waals surface area (Å²) < 4.78 is 7.08. The standard InChI is InChI=1S/C19H27N5O4/c1-11-15(17(26)20-5)16-21-14(25)10-13(24(16)22-11)12-6-8-23(9-7-12)18(27)28-19(2,3)4/h10,12H,6-9H2,1-5H3,(H,20,26)(H,21,25). The van der Waals surface area contributed by atoms with Crippen LogP contribution in [-0.4, -0.2) is 57.2 Å². The highest BCUT2D eigenvalue weighted by Crippen LogP contribution is 2.29. The van der Waals surface area contributed by atoms with Crippen LogP contribution in [0.4, 0.5) is 4.79 Å². The minimum absolute atomic E-state index is 0.0559. The molecule has 1 aliphatic heterocycles. The number of likely N-dealkylation sites (tertiary alicyclic amines) is 1. The van der Waals surface area contributed by atoms with Crippen molar-refractivity contribution in [1.29, 1.82) is 0 Å². The van der Waals surface area contributed by atoms with Crippen LogP contribution >= 0.6 is 0 Å². The number of ether oxygens (including phenoxy) is 1. The highest BCUT2D eigenvalue weighted by molar-refractivity contribution is 6.00. The number of carbonyl (C=O) groups excluding carboxylic acids is 2. The van der Waals surface area contributed by atoms with Gasteiger partial charge >= 0.3 is 6.09 Å². The molecule has 1 saturated heterocycles. The van der Waals surface area contributed by atoms with E-state index < -0.39 is 5.60 Å². The molecular formula is C19H27N5O4. The van der Waals surface area contributed by atoms with E-state index in [0.29, 0.717) is 42.8 Å². The molecule has 2 aromatic rings. The van der Waals surface area contributed by atoms with E-state index in [4.69, 9.17) is 4.74 Å². The second-order valence-corrected chi connectivity index (χ2v) is 8.10. The van der Waals surface area contributed by atoms with Gasteiger partial charge in [-0.1, -0.05) is 0 Å². The molecule has 0 spiro atoms. The summed E-state index contributed by atoms with van der Waals surface area (Å²) in [6.45, 7) is 8.34. The topological polar surface area (TPSA) is 109 Å². The van der Waals surface area contributed by atoms with E-state index in [1.165, 1.54) is 6.07 Å². The lowest BCUT2D eigenvalue weighted by Crippen LogP contribution is -2.41. The number of hydrogen-bond acceptors (Lipinski definition) is 5. The molecule has 0 aliphatic carbocycles.